The van der Waals surface area contributed by atoms with Crippen molar-refractivity contribution in [3.8, 4) is 0 Å². The van der Waals surface area contributed by atoms with Crippen LogP contribution in [0.3, 0.4) is 0 Å². The van der Waals surface area contributed by atoms with Crippen molar-refractivity contribution in [1.82, 2.24) is 0 Å². The zero-order valence-electron chi connectivity index (χ0n) is 58.6. The van der Waals surface area contributed by atoms with E-state index in [4.69, 9.17) is 37.0 Å². The molecule has 534 valence electrons. The number of ether oxygens (including phenoxy) is 4. The molecule has 0 aromatic heterocycles. The van der Waals surface area contributed by atoms with Crippen LogP contribution in [0.2, 0.25) is 0 Å². The number of hydrogen-bond donors (Lipinski definition) is 3. The summed E-state index contributed by atoms with van der Waals surface area (Å²) in [5.74, 6) is 0.261. The van der Waals surface area contributed by atoms with Crippen LogP contribution in [0.25, 0.3) is 0 Å². The molecule has 0 saturated carbocycles. The quantitative estimate of drug-likeness (QED) is 0.0222. The molecule has 19 heteroatoms. The van der Waals surface area contributed by atoms with Crippen molar-refractivity contribution in [3.05, 3.63) is 0 Å². The van der Waals surface area contributed by atoms with Crippen molar-refractivity contribution in [2.75, 3.05) is 39.6 Å². The largest absolute Gasteiger partial charge is 0.472 e. The van der Waals surface area contributed by atoms with Gasteiger partial charge in [0.1, 0.15) is 19.3 Å². The second-order valence-electron chi connectivity index (χ2n) is 26.6. The molecule has 0 aliphatic rings. The molecule has 0 aliphatic heterocycles. The summed E-state index contributed by atoms with van der Waals surface area (Å²) < 4.78 is 68.1. The number of unbranched alkanes of at least 4 members (excludes halogenated alkanes) is 35. The smallest absolute Gasteiger partial charge is 0.462 e. The molecule has 0 heterocycles. The number of carbonyl (C=O) groups is 4. The van der Waals surface area contributed by atoms with E-state index in [-0.39, 0.29) is 25.7 Å². The van der Waals surface area contributed by atoms with E-state index in [1.807, 2.05) is 0 Å². The molecule has 7 atom stereocenters. The van der Waals surface area contributed by atoms with Gasteiger partial charge in [0.05, 0.1) is 26.4 Å². The van der Waals surface area contributed by atoms with Crippen LogP contribution in [0.5, 0.6) is 0 Å². The lowest BCUT2D eigenvalue weighted by Crippen LogP contribution is -2.30. The van der Waals surface area contributed by atoms with Crippen molar-refractivity contribution in [3.63, 3.8) is 0 Å². The van der Waals surface area contributed by atoms with Gasteiger partial charge in [-0.25, -0.2) is 9.13 Å². The number of aliphatic hydroxyl groups is 1. The van der Waals surface area contributed by atoms with Gasteiger partial charge in [0.25, 0.3) is 0 Å². The van der Waals surface area contributed by atoms with E-state index < -0.39 is 97.5 Å². The minimum Gasteiger partial charge on any atom is -0.462 e. The highest BCUT2D eigenvalue weighted by atomic mass is 31.2. The Hall–Kier alpha value is -1.94. The molecule has 90 heavy (non-hydrogen) atoms. The monoisotopic (exact) mass is 1320 g/mol. The van der Waals surface area contributed by atoms with Crippen molar-refractivity contribution >= 4 is 39.5 Å². The van der Waals surface area contributed by atoms with E-state index in [0.29, 0.717) is 25.7 Å². The average Bonchev–Trinajstić information content (AvgIpc) is 3.71. The number of aliphatic hydroxyl groups excluding tert-OH is 1. The lowest BCUT2D eigenvalue weighted by molar-refractivity contribution is -0.161. The Labute approximate surface area is 549 Å². The molecular weight excluding hydrogens is 1190 g/mol. The SMILES string of the molecule is CCCCCCCC(=O)OC[C@H](COP(=O)(O)OC[C@H](O)COP(=O)(O)OC[C@@H](COC(=O)CCCCCCCCCCCCCCC(C)C)OC(=O)CCCCCCCCCCCCCCCCC(C)CC)OC(=O)CCCCCCCCCCC(C)CC. The summed E-state index contributed by atoms with van der Waals surface area (Å²) in [6.45, 7) is 11.8. The van der Waals surface area contributed by atoms with Gasteiger partial charge in [-0.15, -0.1) is 0 Å². The van der Waals surface area contributed by atoms with Crippen LogP contribution in [0.1, 0.15) is 357 Å². The Morgan fingerprint density at radius 1 is 0.322 bits per heavy atom. The van der Waals surface area contributed by atoms with Crippen molar-refractivity contribution in [1.29, 1.82) is 0 Å². The minimum atomic E-state index is -4.95. The maximum absolute atomic E-state index is 13.0. The summed E-state index contributed by atoms with van der Waals surface area (Å²) in [6.07, 6.45) is 46.1. The van der Waals surface area contributed by atoms with E-state index in [1.54, 1.807) is 0 Å². The standard InChI is InChI=1S/C71H138O17P2/c1-8-11-12-35-45-52-68(73)81-58-66(87-71(76)55-48-41-34-28-27-31-38-44-51-64(7)10-3)60-85-89(77,78)83-56-65(72)57-84-90(79,80)86-61-67(59-82-69(74)53-46-39-32-25-21-18-17-19-23-29-36-42-49-62(4)5)88-70(75)54-47-40-33-26-22-16-14-13-15-20-24-30-37-43-50-63(6)9-2/h62-67,72H,8-61H2,1-7H3,(H,77,78)(H,79,80)/t63?,64?,65-,66+,67+/m0/s1. The van der Waals surface area contributed by atoms with E-state index in [9.17, 15) is 43.2 Å². The summed E-state index contributed by atoms with van der Waals surface area (Å²) in [4.78, 5) is 72.3. The van der Waals surface area contributed by atoms with Crippen molar-refractivity contribution in [2.45, 2.75) is 375 Å². The summed E-state index contributed by atoms with van der Waals surface area (Å²) in [5, 5.41) is 10.6. The zero-order valence-corrected chi connectivity index (χ0v) is 60.4. The summed E-state index contributed by atoms with van der Waals surface area (Å²) in [6, 6.07) is 0. The number of esters is 4. The van der Waals surface area contributed by atoms with Gasteiger partial charge in [0, 0.05) is 25.7 Å². The van der Waals surface area contributed by atoms with Crippen LogP contribution < -0.4 is 0 Å². The minimum absolute atomic E-state index is 0.104. The molecule has 0 saturated heterocycles. The fourth-order valence-corrected chi connectivity index (χ4v) is 12.2. The Balaban J connectivity index is 5.17. The second-order valence-corrected chi connectivity index (χ2v) is 29.5. The first-order valence-corrected chi connectivity index (χ1v) is 39.9. The normalized spacial score (nSPS) is 14.8. The van der Waals surface area contributed by atoms with Crippen LogP contribution in [0.4, 0.5) is 0 Å². The van der Waals surface area contributed by atoms with Crippen LogP contribution in [0, 0.1) is 17.8 Å². The average molecular weight is 1330 g/mol. The molecule has 3 N–H and O–H groups in total. The molecule has 0 amide bonds. The Morgan fingerprint density at radius 3 is 0.844 bits per heavy atom. The third kappa shape index (κ3) is 62.2. The van der Waals surface area contributed by atoms with Crippen LogP contribution in [-0.4, -0.2) is 96.7 Å². The Bertz CT molecular complexity index is 1770. The first-order valence-electron chi connectivity index (χ1n) is 36.9. The van der Waals surface area contributed by atoms with E-state index in [2.05, 4.69) is 48.5 Å². The first-order chi connectivity index (χ1) is 43.3. The van der Waals surface area contributed by atoms with Gasteiger partial charge < -0.3 is 33.8 Å². The maximum atomic E-state index is 13.0. The predicted molar refractivity (Wildman–Crippen MR) is 363 cm³/mol. The van der Waals surface area contributed by atoms with E-state index in [1.165, 1.54) is 161 Å². The topological polar surface area (TPSA) is 237 Å². The lowest BCUT2D eigenvalue weighted by atomic mass is 9.99. The molecule has 0 spiro atoms. The molecular formula is C71H138O17P2. The number of carbonyl (C=O) groups excluding carboxylic acids is 4. The lowest BCUT2D eigenvalue weighted by Gasteiger charge is -2.21. The first kappa shape index (κ1) is 88.1. The summed E-state index contributed by atoms with van der Waals surface area (Å²) in [5.41, 5.74) is 0. The highest BCUT2D eigenvalue weighted by Crippen LogP contribution is 2.45. The molecule has 0 fully saturated rings. The number of phosphoric acid groups is 2. The Morgan fingerprint density at radius 2 is 0.567 bits per heavy atom. The second kappa shape index (κ2) is 61.9. The molecule has 0 bridgehead atoms. The molecule has 0 aromatic rings. The summed E-state index contributed by atoms with van der Waals surface area (Å²) >= 11 is 0. The summed E-state index contributed by atoms with van der Waals surface area (Å²) in [7, 11) is -9.89. The van der Waals surface area contributed by atoms with Crippen LogP contribution in [-0.2, 0) is 65.4 Å². The Kier molecular flexibility index (Phi) is 60.6. The van der Waals surface area contributed by atoms with Gasteiger partial charge in [-0.05, 0) is 43.4 Å². The van der Waals surface area contributed by atoms with Gasteiger partial charge >= 0.3 is 39.5 Å². The van der Waals surface area contributed by atoms with Gasteiger partial charge in [-0.1, -0.05) is 305 Å². The number of hydrogen-bond acceptors (Lipinski definition) is 15. The fraction of sp³-hybridized carbons (Fsp3) is 0.944. The number of rotatable bonds is 69. The maximum Gasteiger partial charge on any atom is 0.472 e. The van der Waals surface area contributed by atoms with Crippen molar-refractivity contribution in [2.24, 2.45) is 17.8 Å². The van der Waals surface area contributed by atoms with Crippen LogP contribution >= 0.6 is 15.6 Å². The van der Waals surface area contributed by atoms with E-state index >= 15 is 0 Å². The predicted octanol–water partition coefficient (Wildman–Crippen LogP) is 20.2. The third-order valence-electron chi connectivity index (χ3n) is 17.1. The van der Waals surface area contributed by atoms with Crippen LogP contribution in [0.15, 0.2) is 0 Å². The molecule has 0 rings (SSSR count). The number of phosphoric ester groups is 2. The van der Waals surface area contributed by atoms with Crippen molar-refractivity contribution < 1.29 is 80.2 Å². The zero-order chi connectivity index (χ0) is 66.6. The molecule has 0 aliphatic carbocycles. The van der Waals surface area contributed by atoms with Gasteiger partial charge in [0.2, 0.25) is 0 Å². The molecule has 0 radical (unpaired) electrons. The van der Waals surface area contributed by atoms with Gasteiger partial charge in [0.15, 0.2) is 12.2 Å². The molecule has 4 unspecified atom stereocenters. The van der Waals surface area contributed by atoms with Gasteiger partial charge in [-0.2, -0.15) is 0 Å². The highest BCUT2D eigenvalue weighted by molar-refractivity contribution is 7.47. The fourth-order valence-electron chi connectivity index (χ4n) is 10.7. The van der Waals surface area contributed by atoms with E-state index in [0.717, 1.165) is 114 Å². The van der Waals surface area contributed by atoms with Gasteiger partial charge in [-0.3, -0.25) is 37.3 Å². The molecule has 0 aromatic carbocycles. The molecule has 17 nitrogen and oxygen atoms in total. The third-order valence-corrected chi connectivity index (χ3v) is 19.0. The highest BCUT2D eigenvalue weighted by Gasteiger charge is 2.30.